The van der Waals surface area contributed by atoms with Gasteiger partial charge in [-0.3, -0.25) is 9.59 Å². The number of para-hydroxylation sites is 1. The molecular weight excluding hydrogens is 376 g/mol. The van der Waals surface area contributed by atoms with E-state index in [9.17, 15) is 9.59 Å². The summed E-state index contributed by atoms with van der Waals surface area (Å²) < 4.78 is 0. The van der Waals surface area contributed by atoms with Crippen LogP contribution in [-0.4, -0.2) is 36.9 Å². The van der Waals surface area contributed by atoms with Crippen molar-refractivity contribution in [1.29, 1.82) is 0 Å². The van der Waals surface area contributed by atoms with Gasteiger partial charge in [0.05, 0.1) is 11.3 Å². The van der Waals surface area contributed by atoms with E-state index in [0.29, 0.717) is 17.8 Å². The van der Waals surface area contributed by atoms with Crippen LogP contribution in [0, 0.1) is 5.92 Å². The molecule has 2 heterocycles. The molecule has 2 aliphatic rings. The highest BCUT2D eigenvalue weighted by atomic mass is 16.2. The topological polar surface area (TPSA) is 65.5 Å². The summed E-state index contributed by atoms with van der Waals surface area (Å²) in [5.41, 5.74) is 2.21. The Morgan fingerprint density at radius 1 is 1.10 bits per heavy atom. The normalized spacial score (nSPS) is 16.6. The second-order valence-corrected chi connectivity index (χ2v) is 8.29. The summed E-state index contributed by atoms with van der Waals surface area (Å²) in [7, 11) is 1.75. The first kappa shape index (κ1) is 20.4. The highest BCUT2D eigenvalue weighted by molar-refractivity contribution is 6.05. The van der Waals surface area contributed by atoms with Gasteiger partial charge in [-0.05, 0) is 55.5 Å². The van der Waals surface area contributed by atoms with E-state index in [1.54, 1.807) is 18.0 Å². The molecule has 0 bridgehead atoms. The Labute approximate surface area is 178 Å². The van der Waals surface area contributed by atoms with E-state index in [2.05, 4.69) is 21.3 Å². The van der Waals surface area contributed by atoms with E-state index in [1.165, 1.54) is 25.7 Å². The van der Waals surface area contributed by atoms with E-state index < -0.39 is 0 Å². The third-order valence-corrected chi connectivity index (χ3v) is 5.96. The van der Waals surface area contributed by atoms with Gasteiger partial charge in [0.25, 0.3) is 5.91 Å². The molecule has 158 valence electrons. The van der Waals surface area contributed by atoms with Crippen LogP contribution in [0.25, 0.3) is 0 Å². The predicted molar refractivity (Wildman–Crippen MR) is 119 cm³/mol. The molecule has 1 N–H and O–H groups in total. The quantitative estimate of drug-likeness (QED) is 0.793. The molecule has 0 unspecified atom stereocenters. The van der Waals surface area contributed by atoms with Crippen molar-refractivity contribution in [1.82, 2.24) is 10.3 Å². The molecule has 1 aliphatic heterocycles. The number of rotatable bonds is 6. The number of aromatic nitrogens is 1. The average Bonchev–Trinajstić information content (AvgIpc) is 3.64. The SMILES string of the molecule is CN(C(=O)C1CC1)c1ccccc1C(=O)NCc1ccnc(N2CCCCCC2)c1. The van der Waals surface area contributed by atoms with Crippen LogP contribution in [0.15, 0.2) is 42.6 Å². The van der Waals surface area contributed by atoms with Crippen LogP contribution in [0.2, 0.25) is 0 Å². The molecule has 2 amide bonds. The van der Waals surface area contributed by atoms with Crippen molar-refractivity contribution in [2.24, 2.45) is 5.92 Å². The first-order chi connectivity index (χ1) is 14.6. The van der Waals surface area contributed by atoms with Gasteiger partial charge in [0.1, 0.15) is 5.82 Å². The lowest BCUT2D eigenvalue weighted by Gasteiger charge is -2.22. The zero-order valence-electron chi connectivity index (χ0n) is 17.6. The Bertz CT molecular complexity index is 902. The summed E-state index contributed by atoms with van der Waals surface area (Å²) in [6.07, 6.45) is 8.67. The van der Waals surface area contributed by atoms with Crippen molar-refractivity contribution in [3.05, 3.63) is 53.7 Å². The molecule has 0 spiro atoms. The van der Waals surface area contributed by atoms with Gasteiger partial charge in [-0.2, -0.15) is 0 Å². The van der Waals surface area contributed by atoms with Crippen LogP contribution < -0.4 is 15.1 Å². The van der Waals surface area contributed by atoms with Gasteiger partial charge in [-0.25, -0.2) is 4.98 Å². The van der Waals surface area contributed by atoms with Crippen LogP contribution in [0.4, 0.5) is 11.5 Å². The zero-order valence-corrected chi connectivity index (χ0v) is 17.6. The number of nitrogens with zero attached hydrogens (tertiary/aromatic N) is 3. The molecule has 1 aromatic carbocycles. The van der Waals surface area contributed by atoms with E-state index >= 15 is 0 Å². The molecule has 4 rings (SSSR count). The highest BCUT2D eigenvalue weighted by Crippen LogP contribution is 2.33. The zero-order chi connectivity index (χ0) is 20.9. The third kappa shape index (κ3) is 4.81. The van der Waals surface area contributed by atoms with Crippen LogP contribution in [0.1, 0.15) is 54.4 Å². The Morgan fingerprint density at radius 2 is 1.83 bits per heavy atom. The third-order valence-electron chi connectivity index (χ3n) is 5.96. The monoisotopic (exact) mass is 406 g/mol. The van der Waals surface area contributed by atoms with Crippen molar-refractivity contribution in [2.75, 3.05) is 29.9 Å². The van der Waals surface area contributed by atoms with Crippen molar-refractivity contribution in [3.63, 3.8) is 0 Å². The van der Waals surface area contributed by atoms with E-state index in [-0.39, 0.29) is 17.7 Å². The molecule has 2 aromatic rings. The molecule has 1 saturated carbocycles. The molecule has 30 heavy (non-hydrogen) atoms. The minimum absolute atomic E-state index is 0.0893. The lowest BCUT2D eigenvalue weighted by molar-refractivity contribution is -0.119. The summed E-state index contributed by atoms with van der Waals surface area (Å²) in [4.78, 5) is 33.9. The van der Waals surface area contributed by atoms with Crippen LogP contribution in [-0.2, 0) is 11.3 Å². The van der Waals surface area contributed by atoms with Crippen molar-refractivity contribution >= 4 is 23.3 Å². The molecule has 0 radical (unpaired) electrons. The fourth-order valence-electron chi connectivity index (χ4n) is 4.00. The summed E-state index contributed by atoms with van der Waals surface area (Å²) in [6.45, 7) is 2.51. The Kier molecular flexibility index (Phi) is 6.31. The van der Waals surface area contributed by atoms with Crippen LogP contribution >= 0.6 is 0 Å². The Hall–Kier alpha value is -2.89. The fourth-order valence-corrected chi connectivity index (χ4v) is 4.00. The number of hydrogen-bond donors (Lipinski definition) is 1. The molecule has 1 aromatic heterocycles. The lowest BCUT2D eigenvalue weighted by atomic mass is 10.1. The maximum Gasteiger partial charge on any atom is 0.253 e. The minimum Gasteiger partial charge on any atom is -0.357 e. The fraction of sp³-hybridized carbons (Fsp3) is 0.458. The standard InChI is InChI=1S/C24H30N4O2/c1-27(24(30)19-10-11-19)21-9-5-4-8-20(21)23(29)26-17-18-12-13-25-22(16-18)28-14-6-2-3-7-15-28/h4-5,8-9,12-13,16,19H,2-3,6-7,10-11,14-15,17H2,1H3,(H,26,29). The Morgan fingerprint density at radius 3 is 2.57 bits per heavy atom. The van der Waals surface area contributed by atoms with Crippen molar-refractivity contribution in [3.8, 4) is 0 Å². The average molecular weight is 407 g/mol. The maximum atomic E-state index is 12.9. The van der Waals surface area contributed by atoms with Gasteiger partial charge >= 0.3 is 0 Å². The number of carbonyl (C=O) groups is 2. The Balaban J connectivity index is 1.43. The highest BCUT2D eigenvalue weighted by Gasteiger charge is 2.33. The van der Waals surface area contributed by atoms with Crippen LogP contribution in [0.5, 0.6) is 0 Å². The second-order valence-electron chi connectivity index (χ2n) is 8.29. The van der Waals surface area contributed by atoms with Gasteiger partial charge in [0.2, 0.25) is 5.91 Å². The predicted octanol–water partition coefficient (Wildman–Crippen LogP) is 3.76. The summed E-state index contributed by atoms with van der Waals surface area (Å²) in [6, 6.07) is 11.3. The van der Waals surface area contributed by atoms with Crippen molar-refractivity contribution < 1.29 is 9.59 Å². The van der Waals surface area contributed by atoms with Gasteiger partial charge in [-0.1, -0.05) is 25.0 Å². The van der Waals surface area contributed by atoms with Gasteiger partial charge in [-0.15, -0.1) is 0 Å². The second kappa shape index (κ2) is 9.28. The number of carbonyl (C=O) groups excluding carboxylic acids is 2. The maximum absolute atomic E-state index is 12.9. The summed E-state index contributed by atoms with van der Waals surface area (Å²) in [5, 5.41) is 3.01. The molecule has 2 fully saturated rings. The minimum atomic E-state index is -0.172. The number of nitrogens with one attached hydrogen (secondary N) is 1. The van der Waals surface area contributed by atoms with Crippen LogP contribution in [0.3, 0.4) is 0 Å². The molecule has 6 heteroatoms. The summed E-state index contributed by atoms with van der Waals surface area (Å²) in [5.74, 6) is 1.01. The number of pyridine rings is 1. The van der Waals surface area contributed by atoms with Gasteiger partial charge in [0.15, 0.2) is 0 Å². The van der Waals surface area contributed by atoms with Gasteiger partial charge in [0, 0.05) is 38.8 Å². The smallest absolute Gasteiger partial charge is 0.253 e. The molecular formula is C24H30N4O2. The van der Waals surface area contributed by atoms with E-state index in [1.807, 2.05) is 30.5 Å². The molecule has 0 atom stereocenters. The van der Waals surface area contributed by atoms with E-state index in [0.717, 1.165) is 37.3 Å². The molecule has 1 saturated heterocycles. The number of anilines is 2. The largest absolute Gasteiger partial charge is 0.357 e. The van der Waals surface area contributed by atoms with Crippen molar-refractivity contribution in [2.45, 2.75) is 45.1 Å². The molecule has 6 nitrogen and oxygen atoms in total. The number of hydrogen-bond acceptors (Lipinski definition) is 4. The lowest BCUT2D eigenvalue weighted by Crippen LogP contribution is -2.31. The number of amides is 2. The first-order valence-corrected chi connectivity index (χ1v) is 11.0. The molecule has 1 aliphatic carbocycles. The first-order valence-electron chi connectivity index (χ1n) is 11.0. The number of benzene rings is 1. The van der Waals surface area contributed by atoms with E-state index in [4.69, 9.17) is 0 Å². The summed E-state index contributed by atoms with van der Waals surface area (Å²) >= 11 is 0. The van der Waals surface area contributed by atoms with Gasteiger partial charge < -0.3 is 15.1 Å².